The Hall–Kier alpha value is -1.54. The van der Waals surface area contributed by atoms with E-state index in [4.69, 9.17) is 5.11 Å². The fourth-order valence-electron chi connectivity index (χ4n) is 2.66. The van der Waals surface area contributed by atoms with Crippen LogP contribution in [0, 0.1) is 6.92 Å². The van der Waals surface area contributed by atoms with Gasteiger partial charge in [-0.05, 0) is 25.8 Å². The van der Waals surface area contributed by atoms with E-state index in [9.17, 15) is 13.2 Å². The van der Waals surface area contributed by atoms with Crippen LogP contribution in [-0.2, 0) is 21.2 Å². The summed E-state index contributed by atoms with van der Waals surface area (Å²) in [5, 5.41) is 8.77. The van der Waals surface area contributed by atoms with Gasteiger partial charge in [-0.1, -0.05) is 0 Å². The van der Waals surface area contributed by atoms with E-state index < -0.39 is 16.0 Å². The molecule has 1 atom stereocenters. The molecule has 0 saturated carbocycles. The van der Waals surface area contributed by atoms with E-state index in [1.165, 1.54) is 10.6 Å². The maximum atomic E-state index is 11.7. The summed E-state index contributed by atoms with van der Waals surface area (Å²) in [5.74, 6) is -0.278. The maximum Gasteiger partial charge on any atom is 0.303 e. The number of carboxylic acids is 1. The molecule has 22 heavy (non-hydrogen) atoms. The molecule has 1 N–H and O–H groups in total. The summed E-state index contributed by atoms with van der Waals surface area (Å²) in [6.07, 6.45) is 3.21. The first kappa shape index (κ1) is 16.8. The van der Waals surface area contributed by atoms with Gasteiger partial charge in [0.1, 0.15) is 5.82 Å². The summed E-state index contributed by atoms with van der Waals surface area (Å²) in [4.78, 5) is 19.6. The van der Waals surface area contributed by atoms with Gasteiger partial charge in [-0.3, -0.25) is 4.79 Å². The van der Waals surface area contributed by atoms with Gasteiger partial charge in [-0.25, -0.2) is 22.7 Å². The van der Waals surface area contributed by atoms with Crippen LogP contribution in [0.2, 0.25) is 0 Å². The third kappa shape index (κ3) is 4.48. The Morgan fingerprint density at radius 1 is 1.45 bits per heavy atom. The predicted octanol–water partition coefficient (Wildman–Crippen LogP) is 0.941. The molecule has 1 aliphatic heterocycles. The molecule has 2 heterocycles. The number of carbonyl (C=O) groups is 1. The summed E-state index contributed by atoms with van der Waals surface area (Å²) < 4.78 is 24.9. The number of aliphatic carboxylic acids is 1. The Kier molecular flexibility index (Phi) is 5.12. The van der Waals surface area contributed by atoms with Crippen LogP contribution in [0.3, 0.4) is 0 Å². The zero-order chi connectivity index (χ0) is 16.3. The van der Waals surface area contributed by atoms with Crippen LogP contribution in [0.1, 0.15) is 42.4 Å². The van der Waals surface area contributed by atoms with Gasteiger partial charge in [0, 0.05) is 36.8 Å². The van der Waals surface area contributed by atoms with Crippen molar-refractivity contribution in [2.24, 2.45) is 0 Å². The molecule has 1 saturated heterocycles. The second-order valence-corrected chi connectivity index (χ2v) is 7.70. The first-order valence-electron chi connectivity index (χ1n) is 7.27. The van der Waals surface area contributed by atoms with E-state index in [1.54, 1.807) is 6.07 Å². The smallest absolute Gasteiger partial charge is 0.303 e. The van der Waals surface area contributed by atoms with Crippen molar-refractivity contribution >= 4 is 16.0 Å². The van der Waals surface area contributed by atoms with Crippen molar-refractivity contribution in [1.82, 2.24) is 14.3 Å². The minimum Gasteiger partial charge on any atom is -0.481 e. The number of aryl methyl sites for hydroxylation is 2. The minimum absolute atomic E-state index is 0.0238. The molecule has 8 heteroatoms. The van der Waals surface area contributed by atoms with E-state index in [1.807, 2.05) is 6.92 Å². The fourth-order valence-corrected chi connectivity index (χ4v) is 3.57. The molecule has 0 amide bonds. The van der Waals surface area contributed by atoms with Gasteiger partial charge < -0.3 is 5.11 Å². The van der Waals surface area contributed by atoms with Crippen molar-refractivity contribution < 1.29 is 18.3 Å². The summed E-state index contributed by atoms with van der Waals surface area (Å²) in [6, 6.07) is 1.78. The number of hydrogen-bond acceptors (Lipinski definition) is 5. The first-order chi connectivity index (χ1) is 10.3. The summed E-state index contributed by atoms with van der Waals surface area (Å²) in [6.45, 7) is 2.76. The second kappa shape index (κ2) is 6.70. The molecule has 1 fully saturated rings. The lowest BCUT2D eigenvalue weighted by Gasteiger charge is -2.30. The molecular formula is C14H21N3O4S. The van der Waals surface area contributed by atoms with Crippen molar-refractivity contribution in [2.75, 3.05) is 19.3 Å². The third-order valence-corrected chi connectivity index (χ3v) is 5.01. The molecule has 1 aromatic heterocycles. The van der Waals surface area contributed by atoms with E-state index in [-0.39, 0.29) is 12.3 Å². The van der Waals surface area contributed by atoms with Crippen LogP contribution in [0.15, 0.2) is 6.07 Å². The molecule has 1 aliphatic rings. The summed E-state index contributed by atoms with van der Waals surface area (Å²) in [5.41, 5.74) is 1.48. The average molecular weight is 327 g/mol. The molecule has 0 aliphatic carbocycles. The van der Waals surface area contributed by atoms with Crippen molar-refractivity contribution in [3.8, 4) is 0 Å². The molecule has 1 aromatic rings. The van der Waals surface area contributed by atoms with E-state index in [0.29, 0.717) is 31.0 Å². The molecule has 0 radical (unpaired) electrons. The Balaban J connectivity index is 2.18. The lowest BCUT2D eigenvalue weighted by molar-refractivity contribution is -0.136. The van der Waals surface area contributed by atoms with Gasteiger partial charge in [0.05, 0.1) is 12.7 Å². The van der Waals surface area contributed by atoms with Crippen LogP contribution in [0.5, 0.6) is 0 Å². The zero-order valence-corrected chi connectivity index (χ0v) is 13.6. The van der Waals surface area contributed by atoms with Gasteiger partial charge in [0.2, 0.25) is 10.0 Å². The van der Waals surface area contributed by atoms with Gasteiger partial charge in [-0.2, -0.15) is 0 Å². The number of aromatic nitrogens is 2. The van der Waals surface area contributed by atoms with Crippen LogP contribution in [0.4, 0.5) is 0 Å². The maximum absolute atomic E-state index is 11.7. The Morgan fingerprint density at radius 3 is 2.82 bits per heavy atom. The Morgan fingerprint density at radius 2 is 2.18 bits per heavy atom. The largest absolute Gasteiger partial charge is 0.481 e. The van der Waals surface area contributed by atoms with E-state index in [0.717, 1.165) is 18.5 Å². The normalized spacial score (nSPS) is 20.0. The van der Waals surface area contributed by atoms with Gasteiger partial charge in [0.15, 0.2) is 0 Å². The SMILES string of the molecule is Cc1cc(CCC(=O)O)nc(C2CCCN(S(C)(=O)=O)C2)n1. The van der Waals surface area contributed by atoms with Crippen molar-refractivity contribution in [3.63, 3.8) is 0 Å². The highest BCUT2D eigenvalue weighted by atomic mass is 32.2. The fraction of sp³-hybridized carbons (Fsp3) is 0.643. The average Bonchev–Trinajstić information content (AvgIpc) is 2.44. The number of piperidine rings is 1. The lowest BCUT2D eigenvalue weighted by Crippen LogP contribution is -2.38. The summed E-state index contributed by atoms with van der Waals surface area (Å²) in [7, 11) is -3.21. The second-order valence-electron chi connectivity index (χ2n) is 5.71. The van der Waals surface area contributed by atoms with Crippen LogP contribution in [-0.4, -0.2) is 53.1 Å². The topological polar surface area (TPSA) is 100 Å². The van der Waals surface area contributed by atoms with E-state index in [2.05, 4.69) is 9.97 Å². The zero-order valence-electron chi connectivity index (χ0n) is 12.8. The van der Waals surface area contributed by atoms with Gasteiger partial charge in [0.25, 0.3) is 0 Å². The van der Waals surface area contributed by atoms with Crippen molar-refractivity contribution in [1.29, 1.82) is 0 Å². The molecule has 2 rings (SSSR count). The van der Waals surface area contributed by atoms with Crippen molar-refractivity contribution in [2.45, 2.75) is 38.5 Å². The number of hydrogen-bond donors (Lipinski definition) is 1. The molecule has 1 unspecified atom stereocenters. The molecule has 122 valence electrons. The highest BCUT2D eigenvalue weighted by molar-refractivity contribution is 7.88. The number of rotatable bonds is 5. The molecule has 7 nitrogen and oxygen atoms in total. The Bertz CT molecular complexity index is 660. The number of nitrogens with zero attached hydrogens (tertiary/aromatic N) is 3. The number of sulfonamides is 1. The van der Waals surface area contributed by atoms with Gasteiger partial charge in [-0.15, -0.1) is 0 Å². The highest BCUT2D eigenvalue weighted by Gasteiger charge is 2.28. The molecule has 0 aromatic carbocycles. The van der Waals surface area contributed by atoms with Crippen LogP contribution < -0.4 is 0 Å². The van der Waals surface area contributed by atoms with Crippen molar-refractivity contribution in [3.05, 3.63) is 23.3 Å². The molecular weight excluding hydrogens is 306 g/mol. The summed E-state index contributed by atoms with van der Waals surface area (Å²) >= 11 is 0. The number of carboxylic acid groups (broad SMARTS) is 1. The van der Waals surface area contributed by atoms with Gasteiger partial charge >= 0.3 is 5.97 Å². The quantitative estimate of drug-likeness (QED) is 0.864. The van der Waals surface area contributed by atoms with Crippen LogP contribution in [0.25, 0.3) is 0 Å². The van der Waals surface area contributed by atoms with E-state index >= 15 is 0 Å². The minimum atomic E-state index is -3.21. The van der Waals surface area contributed by atoms with Crippen LogP contribution >= 0.6 is 0 Å². The lowest BCUT2D eigenvalue weighted by atomic mass is 9.98. The molecule has 0 bridgehead atoms. The predicted molar refractivity (Wildman–Crippen MR) is 81.1 cm³/mol. The monoisotopic (exact) mass is 327 g/mol. The molecule has 0 spiro atoms. The highest BCUT2D eigenvalue weighted by Crippen LogP contribution is 2.26. The standard InChI is InChI=1S/C14H21N3O4S/c1-10-8-12(5-6-13(18)19)16-14(15-10)11-4-3-7-17(9-11)22(2,20)21/h8,11H,3-7,9H2,1-2H3,(H,18,19). The first-order valence-corrected chi connectivity index (χ1v) is 9.12. The third-order valence-electron chi connectivity index (χ3n) is 3.74. The Labute approximate surface area is 130 Å².